The van der Waals surface area contributed by atoms with Gasteiger partial charge in [-0.05, 0) is 44.0 Å². The molecule has 144 valence electrons. The number of amides is 2. The quantitative estimate of drug-likeness (QED) is 0.751. The van der Waals surface area contributed by atoms with E-state index in [1.807, 2.05) is 38.1 Å². The van der Waals surface area contributed by atoms with Crippen molar-refractivity contribution in [2.45, 2.75) is 33.4 Å². The molecule has 1 atom stereocenters. The van der Waals surface area contributed by atoms with E-state index in [0.717, 1.165) is 11.1 Å². The Labute approximate surface area is 165 Å². The van der Waals surface area contributed by atoms with Crippen molar-refractivity contribution in [1.82, 2.24) is 10.2 Å². The smallest absolute Gasteiger partial charge is 0.261 e. The summed E-state index contributed by atoms with van der Waals surface area (Å²) in [7, 11) is 0. The van der Waals surface area contributed by atoms with Crippen LogP contribution in [0.4, 0.5) is 0 Å². The van der Waals surface area contributed by atoms with Gasteiger partial charge in [0.1, 0.15) is 11.8 Å². The standard InChI is InChI=1S/C21H25ClN2O3/c1-4-23-21(26)16(3)24(13-17-10-6-5-9-15(17)2)20(25)14-27-19-12-8-7-11-18(19)22/h5-12,16H,4,13-14H2,1-3H3,(H,23,26). The predicted molar refractivity (Wildman–Crippen MR) is 107 cm³/mol. The molecule has 27 heavy (non-hydrogen) atoms. The molecule has 0 aliphatic carbocycles. The molecule has 0 heterocycles. The Kier molecular flexibility index (Phi) is 7.67. The highest BCUT2D eigenvalue weighted by molar-refractivity contribution is 6.32. The summed E-state index contributed by atoms with van der Waals surface area (Å²) in [6.45, 7) is 6.19. The van der Waals surface area contributed by atoms with Gasteiger partial charge in [-0.3, -0.25) is 9.59 Å². The molecule has 0 fully saturated rings. The molecule has 1 unspecified atom stereocenters. The maximum Gasteiger partial charge on any atom is 0.261 e. The van der Waals surface area contributed by atoms with E-state index >= 15 is 0 Å². The van der Waals surface area contributed by atoms with E-state index in [2.05, 4.69) is 5.32 Å². The predicted octanol–water partition coefficient (Wildman–Crippen LogP) is 3.58. The number of hydrogen-bond donors (Lipinski definition) is 1. The van der Waals surface area contributed by atoms with Crippen LogP contribution in [0.2, 0.25) is 5.02 Å². The van der Waals surface area contributed by atoms with Crippen LogP contribution in [0.5, 0.6) is 5.75 Å². The number of halogens is 1. The number of carbonyl (C=O) groups excluding carboxylic acids is 2. The molecule has 6 heteroatoms. The highest BCUT2D eigenvalue weighted by atomic mass is 35.5. The van der Waals surface area contributed by atoms with Crippen LogP contribution in [0.15, 0.2) is 48.5 Å². The number of aryl methyl sites for hydroxylation is 1. The summed E-state index contributed by atoms with van der Waals surface area (Å²) < 4.78 is 5.58. The molecule has 0 bridgehead atoms. The van der Waals surface area contributed by atoms with Crippen molar-refractivity contribution >= 4 is 23.4 Å². The van der Waals surface area contributed by atoms with Crippen molar-refractivity contribution in [3.8, 4) is 5.75 Å². The molecule has 0 aliphatic heterocycles. The Morgan fingerprint density at radius 3 is 2.48 bits per heavy atom. The van der Waals surface area contributed by atoms with E-state index in [-0.39, 0.29) is 18.4 Å². The van der Waals surface area contributed by atoms with Crippen LogP contribution in [0.3, 0.4) is 0 Å². The van der Waals surface area contributed by atoms with Gasteiger partial charge < -0.3 is 15.0 Å². The minimum absolute atomic E-state index is 0.195. The van der Waals surface area contributed by atoms with E-state index in [9.17, 15) is 9.59 Å². The molecule has 0 aliphatic rings. The summed E-state index contributed by atoms with van der Waals surface area (Å²) in [6, 6.07) is 14.2. The third kappa shape index (κ3) is 5.73. The SMILES string of the molecule is CCNC(=O)C(C)N(Cc1ccccc1C)C(=O)COc1ccccc1Cl. The van der Waals surface area contributed by atoms with E-state index in [1.54, 1.807) is 31.2 Å². The third-order valence-corrected chi connectivity index (χ3v) is 4.62. The summed E-state index contributed by atoms with van der Waals surface area (Å²) in [4.78, 5) is 26.7. The third-order valence-electron chi connectivity index (χ3n) is 4.31. The fourth-order valence-corrected chi connectivity index (χ4v) is 2.85. The Bertz CT molecular complexity index is 795. The zero-order valence-corrected chi connectivity index (χ0v) is 16.6. The second-order valence-corrected chi connectivity index (χ2v) is 6.64. The first-order chi connectivity index (χ1) is 12.9. The molecule has 0 saturated carbocycles. The second kappa shape index (κ2) is 9.97. The first-order valence-electron chi connectivity index (χ1n) is 8.93. The summed E-state index contributed by atoms with van der Waals surface area (Å²) in [5, 5.41) is 3.21. The molecular formula is C21H25ClN2O3. The number of nitrogens with one attached hydrogen (secondary N) is 1. The molecule has 2 rings (SSSR count). The van der Waals surface area contributed by atoms with Crippen LogP contribution in [0.25, 0.3) is 0 Å². The van der Waals surface area contributed by atoms with Crippen molar-refractivity contribution in [3.63, 3.8) is 0 Å². The molecule has 2 amide bonds. The Morgan fingerprint density at radius 1 is 1.15 bits per heavy atom. The lowest BCUT2D eigenvalue weighted by Gasteiger charge is -2.29. The number of ether oxygens (including phenoxy) is 1. The maximum atomic E-state index is 12.9. The lowest BCUT2D eigenvalue weighted by Crippen LogP contribution is -2.49. The van der Waals surface area contributed by atoms with Gasteiger partial charge in [-0.15, -0.1) is 0 Å². The normalized spacial score (nSPS) is 11.6. The molecular weight excluding hydrogens is 364 g/mol. The van der Waals surface area contributed by atoms with Crippen LogP contribution >= 0.6 is 11.6 Å². The van der Waals surface area contributed by atoms with E-state index in [0.29, 0.717) is 23.9 Å². The van der Waals surface area contributed by atoms with Crippen molar-refractivity contribution in [2.75, 3.05) is 13.2 Å². The monoisotopic (exact) mass is 388 g/mol. The summed E-state index contributed by atoms with van der Waals surface area (Å²) >= 11 is 6.08. The second-order valence-electron chi connectivity index (χ2n) is 6.24. The maximum absolute atomic E-state index is 12.9. The fourth-order valence-electron chi connectivity index (χ4n) is 2.66. The number of para-hydroxylation sites is 1. The minimum Gasteiger partial charge on any atom is -0.482 e. The molecule has 0 aromatic heterocycles. The number of hydrogen-bond acceptors (Lipinski definition) is 3. The van der Waals surface area contributed by atoms with Crippen molar-refractivity contribution in [1.29, 1.82) is 0 Å². The number of benzene rings is 2. The summed E-state index contributed by atoms with van der Waals surface area (Å²) in [5.74, 6) is -0.0388. The Hall–Kier alpha value is -2.53. The molecule has 2 aromatic rings. The average Bonchev–Trinajstić information content (AvgIpc) is 2.66. The van der Waals surface area contributed by atoms with Crippen molar-refractivity contribution in [3.05, 3.63) is 64.7 Å². The van der Waals surface area contributed by atoms with Gasteiger partial charge in [-0.25, -0.2) is 0 Å². The zero-order valence-electron chi connectivity index (χ0n) is 15.9. The van der Waals surface area contributed by atoms with Crippen LogP contribution in [0, 0.1) is 6.92 Å². The number of carbonyl (C=O) groups is 2. The lowest BCUT2D eigenvalue weighted by atomic mass is 10.1. The van der Waals surface area contributed by atoms with Gasteiger partial charge in [0.15, 0.2) is 6.61 Å². The van der Waals surface area contributed by atoms with Gasteiger partial charge in [0.2, 0.25) is 5.91 Å². The van der Waals surface area contributed by atoms with Crippen LogP contribution in [-0.4, -0.2) is 35.9 Å². The highest BCUT2D eigenvalue weighted by Crippen LogP contribution is 2.23. The molecule has 1 N–H and O–H groups in total. The van der Waals surface area contributed by atoms with Gasteiger partial charge in [0.25, 0.3) is 5.91 Å². The van der Waals surface area contributed by atoms with Gasteiger partial charge in [-0.2, -0.15) is 0 Å². The molecule has 2 aromatic carbocycles. The molecule has 5 nitrogen and oxygen atoms in total. The topological polar surface area (TPSA) is 58.6 Å². The van der Waals surface area contributed by atoms with Crippen LogP contribution in [-0.2, 0) is 16.1 Å². The van der Waals surface area contributed by atoms with Crippen LogP contribution in [0.1, 0.15) is 25.0 Å². The van der Waals surface area contributed by atoms with Gasteiger partial charge in [0.05, 0.1) is 5.02 Å². The average molecular weight is 389 g/mol. The fraction of sp³-hybridized carbons (Fsp3) is 0.333. The van der Waals surface area contributed by atoms with E-state index in [1.165, 1.54) is 4.90 Å². The largest absolute Gasteiger partial charge is 0.482 e. The Morgan fingerprint density at radius 2 is 1.81 bits per heavy atom. The highest BCUT2D eigenvalue weighted by Gasteiger charge is 2.26. The van der Waals surface area contributed by atoms with Crippen LogP contribution < -0.4 is 10.1 Å². The lowest BCUT2D eigenvalue weighted by molar-refractivity contribution is -0.142. The van der Waals surface area contributed by atoms with Gasteiger partial charge >= 0.3 is 0 Å². The number of rotatable bonds is 8. The van der Waals surface area contributed by atoms with Crippen molar-refractivity contribution in [2.24, 2.45) is 0 Å². The summed E-state index contributed by atoms with van der Waals surface area (Å²) in [5.41, 5.74) is 2.05. The molecule has 0 spiro atoms. The zero-order chi connectivity index (χ0) is 19.8. The first-order valence-corrected chi connectivity index (χ1v) is 9.30. The van der Waals surface area contributed by atoms with Gasteiger partial charge in [-0.1, -0.05) is 48.0 Å². The Balaban J connectivity index is 2.17. The first kappa shape index (κ1) is 20.8. The number of nitrogens with zero attached hydrogens (tertiary/aromatic N) is 1. The van der Waals surface area contributed by atoms with E-state index in [4.69, 9.17) is 16.3 Å². The van der Waals surface area contributed by atoms with Gasteiger partial charge in [0, 0.05) is 13.1 Å². The molecule has 0 radical (unpaired) electrons. The van der Waals surface area contributed by atoms with E-state index < -0.39 is 6.04 Å². The van der Waals surface area contributed by atoms with Crippen molar-refractivity contribution < 1.29 is 14.3 Å². The minimum atomic E-state index is -0.619. The number of likely N-dealkylation sites (N-methyl/N-ethyl adjacent to an activating group) is 1. The summed E-state index contributed by atoms with van der Waals surface area (Å²) in [6.07, 6.45) is 0. The molecule has 0 saturated heterocycles.